The lowest BCUT2D eigenvalue weighted by molar-refractivity contribution is -0.0110. The number of nitrogens with two attached hydrogens (primary N) is 1. The molecular formula is C17H26N2O2. The normalized spacial score (nSPS) is 26.6. The first kappa shape index (κ1) is 14.7. The van der Waals surface area contributed by atoms with Crippen LogP contribution in [-0.2, 0) is 4.74 Å². The van der Waals surface area contributed by atoms with E-state index >= 15 is 0 Å². The first-order valence-corrected chi connectivity index (χ1v) is 8.16. The van der Waals surface area contributed by atoms with Crippen molar-refractivity contribution >= 4 is 5.69 Å². The van der Waals surface area contributed by atoms with Crippen molar-refractivity contribution in [2.75, 3.05) is 31.2 Å². The topological polar surface area (TPSA) is 47.7 Å². The molecule has 0 spiro atoms. The maximum absolute atomic E-state index is 6.04. The number of anilines is 1. The molecule has 2 aliphatic rings. The molecule has 2 heterocycles. The quantitative estimate of drug-likeness (QED) is 0.926. The van der Waals surface area contributed by atoms with Crippen LogP contribution in [0.15, 0.2) is 24.3 Å². The zero-order chi connectivity index (χ0) is 14.5. The van der Waals surface area contributed by atoms with E-state index in [9.17, 15) is 0 Å². The molecule has 0 aromatic heterocycles. The predicted molar refractivity (Wildman–Crippen MR) is 85.0 cm³/mol. The molecule has 0 saturated carbocycles. The molecule has 4 nitrogen and oxygen atoms in total. The van der Waals surface area contributed by atoms with Gasteiger partial charge in [-0.05, 0) is 56.4 Å². The van der Waals surface area contributed by atoms with Crippen LogP contribution in [0.5, 0.6) is 5.75 Å². The fourth-order valence-electron chi connectivity index (χ4n) is 3.13. The molecule has 116 valence electrons. The number of benzene rings is 1. The minimum atomic E-state index is 0.263. The largest absolute Gasteiger partial charge is 0.491 e. The SMILES string of the molecule is NC1CCCN(c2ccc(OCC3CCCCO3)cc2)C1. The lowest BCUT2D eigenvalue weighted by atomic mass is 10.1. The van der Waals surface area contributed by atoms with Crippen molar-refractivity contribution in [2.24, 2.45) is 5.73 Å². The van der Waals surface area contributed by atoms with Gasteiger partial charge in [-0.1, -0.05) is 0 Å². The molecule has 2 atom stereocenters. The maximum Gasteiger partial charge on any atom is 0.119 e. The van der Waals surface area contributed by atoms with Crippen LogP contribution in [0.4, 0.5) is 5.69 Å². The minimum Gasteiger partial charge on any atom is -0.491 e. The Bertz CT molecular complexity index is 429. The van der Waals surface area contributed by atoms with Crippen molar-refractivity contribution in [3.05, 3.63) is 24.3 Å². The molecule has 2 aliphatic heterocycles. The smallest absolute Gasteiger partial charge is 0.119 e. The molecule has 0 amide bonds. The molecule has 0 bridgehead atoms. The van der Waals surface area contributed by atoms with Crippen LogP contribution < -0.4 is 15.4 Å². The Morgan fingerprint density at radius 1 is 1.14 bits per heavy atom. The summed E-state index contributed by atoms with van der Waals surface area (Å²) in [5.74, 6) is 0.925. The third kappa shape index (κ3) is 4.11. The van der Waals surface area contributed by atoms with E-state index in [1.54, 1.807) is 0 Å². The third-order valence-corrected chi connectivity index (χ3v) is 4.37. The van der Waals surface area contributed by atoms with Gasteiger partial charge in [0, 0.05) is 31.4 Å². The van der Waals surface area contributed by atoms with Gasteiger partial charge < -0.3 is 20.1 Å². The molecule has 0 aliphatic carbocycles. The van der Waals surface area contributed by atoms with E-state index in [-0.39, 0.29) is 6.10 Å². The molecule has 2 unspecified atom stereocenters. The van der Waals surface area contributed by atoms with Crippen molar-refractivity contribution in [1.29, 1.82) is 0 Å². The number of ether oxygens (including phenoxy) is 2. The highest BCUT2D eigenvalue weighted by Crippen LogP contribution is 2.23. The van der Waals surface area contributed by atoms with Crippen LogP contribution in [0.1, 0.15) is 32.1 Å². The number of nitrogens with zero attached hydrogens (tertiary/aromatic N) is 1. The molecule has 0 radical (unpaired) electrons. The molecule has 2 saturated heterocycles. The summed E-state index contributed by atoms with van der Waals surface area (Å²) in [6, 6.07) is 8.68. The number of hydrogen-bond acceptors (Lipinski definition) is 4. The van der Waals surface area contributed by atoms with Gasteiger partial charge in [0.1, 0.15) is 12.4 Å². The Balaban J connectivity index is 1.51. The molecule has 2 fully saturated rings. The minimum absolute atomic E-state index is 0.263. The lowest BCUT2D eigenvalue weighted by Crippen LogP contribution is -2.42. The van der Waals surface area contributed by atoms with Crippen LogP contribution in [0.2, 0.25) is 0 Å². The number of piperidine rings is 1. The fraction of sp³-hybridized carbons (Fsp3) is 0.647. The summed E-state index contributed by atoms with van der Waals surface area (Å²) in [6.07, 6.45) is 6.13. The van der Waals surface area contributed by atoms with Gasteiger partial charge in [0.05, 0.1) is 6.10 Å². The van der Waals surface area contributed by atoms with Gasteiger partial charge >= 0.3 is 0 Å². The Morgan fingerprint density at radius 2 is 2.00 bits per heavy atom. The Kier molecular flexibility index (Phi) is 4.99. The summed E-state index contributed by atoms with van der Waals surface area (Å²) in [6.45, 7) is 3.59. The second-order valence-corrected chi connectivity index (χ2v) is 6.14. The van der Waals surface area contributed by atoms with Crippen molar-refractivity contribution in [1.82, 2.24) is 0 Å². The maximum atomic E-state index is 6.04. The number of hydrogen-bond donors (Lipinski definition) is 1. The molecule has 4 heteroatoms. The van der Waals surface area contributed by atoms with Crippen LogP contribution in [0.3, 0.4) is 0 Å². The van der Waals surface area contributed by atoms with Crippen molar-refractivity contribution in [3.63, 3.8) is 0 Å². The van der Waals surface area contributed by atoms with Crippen molar-refractivity contribution in [2.45, 2.75) is 44.2 Å². The zero-order valence-electron chi connectivity index (χ0n) is 12.7. The second-order valence-electron chi connectivity index (χ2n) is 6.14. The van der Waals surface area contributed by atoms with E-state index in [1.165, 1.54) is 24.9 Å². The zero-order valence-corrected chi connectivity index (χ0v) is 12.7. The van der Waals surface area contributed by atoms with Gasteiger partial charge in [0.25, 0.3) is 0 Å². The first-order chi connectivity index (χ1) is 10.3. The average molecular weight is 290 g/mol. The molecule has 21 heavy (non-hydrogen) atoms. The molecular weight excluding hydrogens is 264 g/mol. The van der Waals surface area contributed by atoms with E-state index in [0.717, 1.165) is 38.3 Å². The lowest BCUT2D eigenvalue weighted by Gasteiger charge is -2.32. The standard InChI is InChI=1S/C17H26N2O2/c18-14-4-3-10-19(12-14)15-6-8-16(9-7-15)21-13-17-5-1-2-11-20-17/h6-9,14,17H,1-5,10-13,18H2. The molecule has 1 aromatic rings. The molecule has 2 N–H and O–H groups in total. The Morgan fingerprint density at radius 3 is 2.71 bits per heavy atom. The van der Waals surface area contributed by atoms with Crippen LogP contribution in [0.25, 0.3) is 0 Å². The van der Waals surface area contributed by atoms with Crippen molar-refractivity contribution in [3.8, 4) is 5.75 Å². The summed E-state index contributed by atoms with van der Waals surface area (Å²) in [5.41, 5.74) is 7.28. The highest BCUT2D eigenvalue weighted by Gasteiger charge is 2.17. The Labute approximate surface area is 127 Å². The summed E-state index contributed by atoms with van der Waals surface area (Å²) < 4.78 is 11.5. The van der Waals surface area contributed by atoms with E-state index in [0.29, 0.717) is 12.6 Å². The summed E-state index contributed by atoms with van der Waals surface area (Å²) in [4.78, 5) is 2.36. The van der Waals surface area contributed by atoms with Crippen LogP contribution in [-0.4, -0.2) is 38.4 Å². The summed E-state index contributed by atoms with van der Waals surface area (Å²) >= 11 is 0. The van der Waals surface area contributed by atoms with Gasteiger partial charge in [0.2, 0.25) is 0 Å². The third-order valence-electron chi connectivity index (χ3n) is 4.37. The van der Waals surface area contributed by atoms with E-state index < -0.39 is 0 Å². The molecule has 1 aromatic carbocycles. The van der Waals surface area contributed by atoms with Gasteiger partial charge in [-0.3, -0.25) is 0 Å². The first-order valence-electron chi connectivity index (χ1n) is 8.16. The molecule has 3 rings (SSSR count). The monoisotopic (exact) mass is 290 g/mol. The van der Waals surface area contributed by atoms with E-state index in [2.05, 4.69) is 29.2 Å². The highest BCUT2D eigenvalue weighted by atomic mass is 16.5. The van der Waals surface area contributed by atoms with Gasteiger partial charge in [-0.2, -0.15) is 0 Å². The van der Waals surface area contributed by atoms with E-state index in [4.69, 9.17) is 15.2 Å². The predicted octanol–water partition coefficient (Wildman–Crippen LogP) is 2.56. The van der Waals surface area contributed by atoms with E-state index in [1.807, 2.05) is 0 Å². The van der Waals surface area contributed by atoms with Crippen molar-refractivity contribution < 1.29 is 9.47 Å². The summed E-state index contributed by atoms with van der Waals surface area (Å²) in [7, 11) is 0. The van der Waals surface area contributed by atoms with Crippen LogP contribution >= 0.6 is 0 Å². The average Bonchev–Trinajstić information content (AvgIpc) is 2.54. The van der Waals surface area contributed by atoms with Crippen LogP contribution in [0, 0.1) is 0 Å². The number of rotatable bonds is 4. The second kappa shape index (κ2) is 7.14. The van der Waals surface area contributed by atoms with Gasteiger partial charge in [-0.15, -0.1) is 0 Å². The summed E-state index contributed by atoms with van der Waals surface area (Å²) in [5, 5.41) is 0. The fourth-order valence-corrected chi connectivity index (χ4v) is 3.13. The highest BCUT2D eigenvalue weighted by molar-refractivity contribution is 5.49. The Hall–Kier alpha value is -1.26. The van der Waals surface area contributed by atoms with Gasteiger partial charge in [-0.25, -0.2) is 0 Å². The van der Waals surface area contributed by atoms with Gasteiger partial charge in [0.15, 0.2) is 0 Å².